The number of alkyl halides is 1. The number of methoxy groups -OCH3 is 1. The van der Waals surface area contributed by atoms with Crippen molar-refractivity contribution < 1.29 is 23.5 Å². The average Bonchev–Trinajstić information content (AvgIpc) is 3.05. The highest BCUT2D eigenvalue weighted by molar-refractivity contribution is 7.14. The number of fused-ring (bicyclic) bond motifs is 1. The molecule has 3 amide bonds. The molecule has 0 aromatic carbocycles. The van der Waals surface area contributed by atoms with Gasteiger partial charge >= 0.3 is 0 Å². The highest BCUT2D eigenvalue weighted by Gasteiger charge is 2.55. The molecule has 2 aliphatic rings. The zero-order valence-electron chi connectivity index (χ0n) is 12.5. The van der Waals surface area contributed by atoms with Gasteiger partial charge in [-0.15, -0.1) is 11.3 Å². The second-order valence-corrected chi connectivity index (χ2v) is 6.40. The average molecular weight is 341 g/mol. The van der Waals surface area contributed by atoms with Gasteiger partial charge in [0.1, 0.15) is 0 Å². The first-order valence-electron chi connectivity index (χ1n) is 7.10. The third-order valence-corrected chi connectivity index (χ3v) is 5.06. The van der Waals surface area contributed by atoms with Crippen LogP contribution in [-0.4, -0.2) is 53.6 Å². The number of piperidine rings is 1. The molecule has 1 aromatic heterocycles. The summed E-state index contributed by atoms with van der Waals surface area (Å²) in [6, 6.07) is 0. The number of thiophene rings is 1. The Bertz CT molecular complexity index is 692. The molecule has 0 radical (unpaired) electrons. The highest BCUT2D eigenvalue weighted by Crippen LogP contribution is 2.40. The van der Waals surface area contributed by atoms with Gasteiger partial charge in [0.25, 0.3) is 17.6 Å². The normalized spacial score (nSPS) is 24.5. The molecule has 7 nitrogen and oxygen atoms in total. The minimum atomic E-state index is -2.53. The maximum absolute atomic E-state index is 15.4. The topological polar surface area (TPSA) is 92.9 Å². The molecule has 0 unspecified atom stereocenters. The summed E-state index contributed by atoms with van der Waals surface area (Å²) in [5.41, 5.74) is 6.67. The van der Waals surface area contributed by atoms with Gasteiger partial charge in [-0.1, -0.05) is 0 Å². The van der Waals surface area contributed by atoms with Crippen LogP contribution in [0.3, 0.4) is 0 Å². The Morgan fingerprint density at radius 3 is 2.83 bits per heavy atom. The fourth-order valence-electron chi connectivity index (χ4n) is 2.90. The summed E-state index contributed by atoms with van der Waals surface area (Å²) in [7, 11) is 1.42. The van der Waals surface area contributed by atoms with Crippen molar-refractivity contribution in [3.05, 3.63) is 16.5 Å². The quantitative estimate of drug-likeness (QED) is 0.644. The monoisotopic (exact) mass is 341 g/mol. The molecule has 124 valence electrons. The number of nitrogen functional groups attached to an aromatic ring is 1. The number of carbonyl (C=O) groups is 3. The molecule has 1 saturated heterocycles. The van der Waals surface area contributed by atoms with Crippen molar-refractivity contribution in [2.45, 2.75) is 25.2 Å². The van der Waals surface area contributed by atoms with Crippen LogP contribution in [0.4, 0.5) is 9.39 Å². The smallest absolute Gasteiger partial charge is 0.288 e. The molecule has 0 aliphatic carbocycles. The summed E-state index contributed by atoms with van der Waals surface area (Å²) in [6.45, 7) is 0.0186. The van der Waals surface area contributed by atoms with Gasteiger partial charge in [0.15, 0.2) is 0 Å². The molecular weight excluding hydrogens is 325 g/mol. The molecule has 0 spiro atoms. The lowest BCUT2D eigenvalue weighted by atomic mass is 9.99. The molecule has 1 atom stereocenters. The Morgan fingerprint density at radius 2 is 2.17 bits per heavy atom. The third-order valence-electron chi connectivity index (χ3n) is 4.21. The van der Waals surface area contributed by atoms with Gasteiger partial charge in [-0.05, 0) is 0 Å². The second-order valence-electron chi connectivity index (χ2n) is 5.49. The fraction of sp³-hybridized carbons (Fsp3) is 0.500. The molecule has 1 aromatic rings. The summed E-state index contributed by atoms with van der Waals surface area (Å²) < 4.78 is 20.3. The van der Waals surface area contributed by atoms with Crippen molar-refractivity contribution in [2.75, 3.05) is 26.0 Å². The van der Waals surface area contributed by atoms with Gasteiger partial charge < -0.3 is 10.5 Å². The first kappa shape index (κ1) is 15.9. The van der Waals surface area contributed by atoms with Gasteiger partial charge in [0, 0.05) is 30.9 Å². The SMILES string of the molecule is COCCN1C(=O)CC[C@@](F)(N2Cc3c(csc3N)C2=O)C1=O. The number of likely N-dealkylation sites (tertiary alicyclic amines) is 1. The van der Waals surface area contributed by atoms with E-state index in [9.17, 15) is 14.4 Å². The molecule has 23 heavy (non-hydrogen) atoms. The van der Waals surface area contributed by atoms with Crippen LogP contribution in [0.25, 0.3) is 0 Å². The van der Waals surface area contributed by atoms with Crippen LogP contribution in [0.15, 0.2) is 5.38 Å². The Hall–Kier alpha value is -2.00. The fourth-order valence-corrected chi connectivity index (χ4v) is 3.70. The standard InChI is InChI=1S/C14H16FN3O4S/c1-22-5-4-17-10(19)2-3-14(15,13(17)21)18-6-8-9(12(18)20)7-23-11(8)16/h7H,2-6,16H2,1H3/t14-/m1/s1. The van der Waals surface area contributed by atoms with E-state index < -0.39 is 23.5 Å². The molecule has 2 aliphatic heterocycles. The Kier molecular flexibility index (Phi) is 3.85. The molecular formula is C14H16FN3O4S. The first-order valence-corrected chi connectivity index (χ1v) is 7.98. The lowest BCUT2D eigenvalue weighted by molar-refractivity contribution is -0.170. The zero-order chi connectivity index (χ0) is 16.8. The molecule has 0 bridgehead atoms. The van der Waals surface area contributed by atoms with Crippen LogP contribution in [-0.2, 0) is 20.9 Å². The number of imide groups is 1. The van der Waals surface area contributed by atoms with Crippen molar-refractivity contribution in [3.8, 4) is 0 Å². The van der Waals surface area contributed by atoms with E-state index in [1.165, 1.54) is 18.4 Å². The number of nitrogens with two attached hydrogens (primary N) is 1. The van der Waals surface area contributed by atoms with Crippen molar-refractivity contribution in [3.63, 3.8) is 0 Å². The molecule has 0 saturated carbocycles. The van der Waals surface area contributed by atoms with Gasteiger partial charge in [0.2, 0.25) is 5.91 Å². The van der Waals surface area contributed by atoms with Crippen molar-refractivity contribution in [2.24, 2.45) is 0 Å². The lowest BCUT2D eigenvalue weighted by Crippen LogP contribution is -2.62. The summed E-state index contributed by atoms with van der Waals surface area (Å²) in [5.74, 6) is -4.56. The van der Waals surface area contributed by atoms with Crippen molar-refractivity contribution >= 4 is 34.1 Å². The number of carbonyl (C=O) groups excluding carboxylic acids is 3. The summed E-state index contributed by atoms with van der Waals surface area (Å²) in [6.07, 6.45) is -0.481. The Labute approximate surface area is 135 Å². The van der Waals surface area contributed by atoms with Crippen LogP contribution in [0, 0.1) is 0 Å². The molecule has 3 rings (SSSR count). The minimum absolute atomic E-state index is 0.0365. The molecule has 2 N–H and O–H groups in total. The van der Waals surface area contributed by atoms with Crippen LogP contribution in [0.5, 0.6) is 0 Å². The summed E-state index contributed by atoms with van der Waals surface area (Å²) in [5, 5.41) is 2.01. The lowest BCUT2D eigenvalue weighted by Gasteiger charge is -2.40. The van der Waals surface area contributed by atoms with E-state index in [4.69, 9.17) is 10.5 Å². The van der Waals surface area contributed by atoms with Gasteiger partial charge in [-0.3, -0.25) is 24.2 Å². The number of nitrogens with zero attached hydrogens (tertiary/aromatic N) is 2. The van der Waals surface area contributed by atoms with E-state index in [2.05, 4.69) is 0 Å². The van der Waals surface area contributed by atoms with E-state index >= 15 is 4.39 Å². The van der Waals surface area contributed by atoms with E-state index in [0.717, 1.165) is 9.80 Å². The zero-order valence-corrected chi connectivity index (χ0v) is 13.3. The number of anilines is 1. The third kappa shape index (κ3) is 2.31. The predicted molar refractivity (Wildman–Crippen MR) is 80.3 cm³/mol. The van der Waals surface area contributed by atoms with Crippen LogP contribution in [0.2, 0.25) is 0 Å². The van der Waals surface area contributed by atoms with Crippen LogP contribution in [0.1, 0.15) is 28.8 Å². The minimum Gasteiger partial charge on any atom is -0.390 e. The Morgan fingerprint density at radius 1 is 1.43 bits per heavy atom. The largest absolute Gasteiger partial charge is 0.390 e. The summed E-state index contributed by atoms with van der Waals surface area (Å²) in [4.78, 5) is 38.5. The maximum atomic E-state index is 15.4. The molecule has 3 heterocycles. The second kappa shape index (κ2) is 5.57. The van der Waals surface area contributed by atoms with Crippen molar-refractivity contribution in [1.82, 2.24) is 9.80 Å². The van der Waals surface area contributed by atoms with E-state index in [1.54, 1.807) is 5.38 Å². The van der Waals surface area contributed by atoms with E-state index in [-0.39, 0.29) is 32.5 Å². The van der Waals surface area contributed by atoms with Crippen LogP contribution < -0.4 is 5.73 Å². The molecule has 9 heteroatoms. The number of rotatable bonds is 4. The number of hydrogen-bond acceptors (Lipinski definition) is 6. The number of halogens is 1. The van der Waals surface area contributed by atoms with Gasteiger partial charge in [-0.25, -0.2) is 4.39 Å². The van der Waals surface area contributed by atoms with E-state index in [0.29, 0.717) is 16.1 Å². The van der Waals surface area contributed by atoms with Crippen LogP contribution >= 0.6 is 11.3 Å². The Balaban J connectivity index is 1.88. The van der Waals surface area contributed by atoms with Gasteiger partial charge in [-0.2, -0.15) is 0 Å². The first-order chi connectivity index (χ1) is 10.9. The number of amides is 3. The van der Waals surface area contributed by atoms with Crippen molar-refractivity contribution in [1.29, 1.82) is 0 Å². The summed E-state index contributed by atoms with van der Waals surface area (Å²) >= 11 is 1.21. The van der Waals surface area contributed by atoms with Gasteiger partial charge in [0.05, 0.1) is 30.3 Å². The predicted octanol–water partition coefficient (Wildman–Crippen LogP) is 0.747. The number of hydrogen-bond donors (Lipinski definition) is 1. The highest BCUT2D eigenvalue weighted by atomic mass is 32.1. The van der Waals surface area contributed by atoms with E-state index in [1.807, 2.05) is 0 Å². The molecule has 1 fully saturated rings. The number of ether oxygens (including phenoxy) is 1. The maximum Gasteiger partial charge on any atom is 0.288 e.